The molecule has 0 radical (unpaired) electrons. The first-order valence-corrected chi connectivity index (χ1v) is 10.5. The van der Waals surface area contributed by atoms with Gasteiger partial charge in [0, 0.05) is 5.41 Å². The van der Waals surface area contributed by atoms with Crippen molar-refractivity contribution < 1.29 is 13.5 Å². The molecule has 2 aromatic rings. The molecule has 0 spiro atoms. The summed E-state index contributed by atoms with van der Waals surface area (Å²) < 4.78 is 25.5. The first kappa shape index (κ1) is 21.1. The molecule has 0 saturated carbocycles. The van der Waals surface area contributed by atoms with Crippen molar-refractivity contribution in [2.24, 2.45) is 11.8 Å². The number of furan rings is 1. The van der Waals surface area contributed by atoms with Crippen molar-refractivity contribution in [3.63, 3.8) is 0 Å². The Morgan fingerprint density at radius 1 is 1.04 bits per heavy atom. The van der Waals surface area contributed by atoms with Crippen LogP contribution in [0.4, 0.5) is 4.39 Å². The summed E-state index contributed by atoms with van der Waals surface area (Å²) in [4.78, 5) is 0. The highest BCUT2D eigenvalue weighted by atomic mass is 19.1. The van der Waals surface area contributed by atoms with E-state index in [0.717, 1.165) is 38.1 Å². The summed E-state index contributed by atoms with van der Waals surface area (Å²) in [5, 5.41) is 3.52. The second-order valence-corrected chi connectivity index (χ2v) is 8.90. The normalized spacial score (nSPS) is 25.5. The summed E-state index contributed by atoms with van der Waals surface area (Å²) in [6.07, 6.45) is 5.09. The van der Waals surface area contributed by atoms with Crippen LogP contribution in [0.1, 0.15) is 58.3 Å². The van der Waals surface area contributed by atoms with E-state index in [4.69, 9.17) is 9.15 Å². The van der Waals surface area contributed by atoms with Crippen LogP contribution in [0.25, 0.3) is 0 Å². The summed E-state index contributed by atoms with van der Waals surface area (Å²) in [5.41, 5.74) is 1.22. The largest absolute Gasteiger partial charge is 0.468 e. The van der Waals surface area contributed by atoms with Crippen molar-refractivity contribution in [2.75, 3.05) is 6.54 Å². The predicted molar refractivity (Wildman–Crippen MR) is 111 cm³/mol. The minimum absolute atomic E-state index is 0.00795. The van der Waals surface area contributed by atoms with Crippen LogP contribution in [0.2, 0.25) is 0 Å². The van der Waals surface area contributed by atoms with E-state index in [-0.39, 0.29) is 23.4 Å². The van der Waals surface area contributed by atoms with E-state index in [1.165, 1.54) is 5.56 Å². The Bertz CT molecular complexity index is 693. The smallest absolute Gasteiger partial charge is 0.123 e. The third kappa shape index (κ3) is 5.03. The molecule has 0 aliphatic carbocycles. The highest BCUT2D eigenvalue weighted by molar-refractivity contribution is 5.27. The second kappa shape index (κ2) is 9.23. The van der Waals surface area contributed by atoms with Gasteiger partial charge in [0.15, 0.2) is 0 Å². The molecule has 154 valence electrons. The first-order chi connectivity index (χ1) is 13.4. The van der Waals surface area contributed by atoms with Gasteiger partial charge in [0.05, 0.1) is 25.0 Å². The van der Waals surface area contributed by atoms with E-state index >= 15 is 0 Å². The van der Waals surface area contributed by atoms with Crippen molar-refractivity contribution in [2.45, 2.75) is 71.1 Å². The summed E-state index contributed by atoms with van der Waals surface area (Å²) in [6, 6.07) is 11.0. The Morgan fingerprint density at radius 2 is 1.68 bits per heavy atom. The van der Waals surface area contributed by atoms with Gasteiger partial charge in [0.1, 0.15) is 11.6 Å². The summed E-state index contributed by atoms with van der Waals surface area (Å²) in [5.74, 6) is 1.68. The fraction of sp³-hybridized carbons (Fsp3) is 0.583. The van der Waals surface area contributed by atoms with Gasteiger partial charge < -0.3 is 14.5 Å². The van der Waals surface area contributed by atoms with Crippen molar-refractivity contribution >= 4 is 0 Å². The standard InChI is InChI=1S/C24H34FNO2/c1-17(2)22-14-24(15-23(28-22)18(3)4,19-7-9-20(25)10-8-19)11-12-26-16-21-6-5-13-27-21/h5-10,13,17-18,22-23,26H,11-12,14-16H2,1-4H3/t22-,23-/m0/s1. The van der Waals surface area contributed by atoms with Crippen molar-refractivity contribution in [1.29, 1.82) is 0 Å². The van der Waals surface area contributed by atoms with Gasteiger partial charge in [-0.1, -0.05) is 39.8 Å². The zero-order valence-corrected chi connectivity index (χ0v) is 17.6. The molecular weight excluding hydrogens is 353 g/mol. The lowest BCUT2D eigenvalue weighted by Crippen LogP contribution is -2.48. The lowest BCUT2D eigenvalue weighted by molar-refractivity contribution is -0.118. The summed E-state index contributed by atoms with van der Waals surface area (Å²) in [6.45, 7) is 10.5. The van der Waals surface area contributed by atoms with E-state index in [0.29, 0.717) is 11.8 Å². The monoisotopic (exact) mass is 387 g/mol. The molecule has 1 N–H and O–H groups in total. The van der Waals surface area contributed by atoms with Gasteiger partial charge in [-0.25, -0.2) is 4.39 Å². The molecule has 1 aliphatic heterocycles. The van der Waals surface area contributed by atoms with E-state index in [1.807, 2.05) is 24.3 Å². The van der Waals surface area contributed by atoms with Gasteiger partial charge >= 0.3 is 0 Å². The molecule has 1 saturated heterocycles. The molecule has 1 fully saturated rings. The van der Waals surface area contributed by atoms with Crippen molar-refractivity contribution in [3.8, 4) is 0 Å². The average Bonchev–Trinajstić information content (AvgIpc) is 3.19. The Hall–Kier alpha value is -1.65. The predicted octanol–water partition coefficient (Wildman–Crippen LogP) is 5.70. The Kier molecular flexibility index (Phi) is 6.95. The molecule has 1 aliphatic rings. The van der Waals surface area contributed by atoms with Crippen LogP contribution in [0.3, 0.4) is 0 Å². The van der Waals surface area contributed by atoms with Crippen molar-refractivity contribution in [3.05, 3.63) is 59.8 Å². The Morgan fingerprint density at radius 3 is 2.21 bits per heavy atom. The van der Waals surface area contributed by atoms with Crippen LogP contribution >= 0.6 is 0 Å². The van der Waals surface area contributed by atoms with Crippen LogP contribution in [-0.2, 0) is 16.7 Å². The zero-order chi connectivity index (χ0) is 20.1. The number of halogens is 1. The highest BCUT2D eigenvalue weighted by Gasteiger charge is 2.43. The maximum absolute atomic E-state index is 13.6. The van der Waals surface area contributed by atoms with Crippen LogP contribution in [0.15, 0.2) is 47.1 Å². The molecule has 1 aromatic heterocycles. The molecule has 0 unspecified atom stereocenters. The molecule has 3 rings (SSSR count). The van der Waals surface area contributed by atoms with Gasteiger partial charge in [-0.05, 0) is 67.5 Å². The minimum atomic E-state index is -0.178. The Balaban J connectivity index is 1.81. The maximum Gasteiger partial charge on any atom is 0.123 e. The lowest BCUT2D eigenvalue weighted by Gasteiger charge is -2.48. The summed E-state index contributed by atoms with van der Waals surface area (Å²) >= 11 is 0. The molecule has 3 nitrogen and oxygen atoms in total. The van der Waals surface area contributed by atoms with E-state index in [1.54, 1.807) is 18.4 Å². The van der Waals surface area contributed by atoms with E-state index < -0.39 is 0 Å². The van der Waals surface area contributed by atoms with Gasteiger partial charge in [0.25, 0.3) is 0 Å². The number of ether oxygens (including phenoxy) is 1. The number of benzene rings is 1. The van der Waals surface area contributed by atoms with Crippen molar-refractivity contribution in [1.82, 2.24) is 5.32 Å². The average molecular weight is 388 g/mol. The van der Waals surface area contributed by atoms with Crippen LogP contribution in [0.5, 0.6) is 0 Å². The lowest BCUT2D eigenvalue weighted by atomic mass is 9.66. The molecule has 2 heterocycles. The number of rotatable bonds is 8. The number of nitrogens with one attached hydrogen (secondary N) is 1. The Labute approximate surface area is 168 Å². The minimum Gasteiger partial charge on any atom is -0.468 e. The molecule has 4 heteroatoms. The number of hydrogen-bond acceptors (Lipinski definition) is 3. The SMILES string of the molecule is CC(C)[C@@H]1CC(CCNCc2ccco2)(c2ccc(F)cc2)C[C@@H](C(C)C)O1. The molecular formula is C24H34FNO2. The van der Waals surface area contributed by atoms with Gasteiger partial charge in [-0.15, -0.1) is 0 Å². The van der Waals surface area contributed by atoms with Gasteiger partial charge in [-0.2, -0.15) is 0 Å². The second-order valence-electron chi connectivity index (χ2n) is 8.90. The van der Waals surface area contributed by atoms with Crippen LogP contribution in [-0.4, -0.2) is 18.8 Å². The topological polar surface area (TPSA) is 34.4 Å². The highest BCUT2D eigenvalue weighted by Crippen LogP contribution is 2.45. The van der Waals surface area contributed by atoms with Crippen LogP contribution < -0.4 is 5.32 Å². The third-order valence-electron chi connectivity index (χ3n) is 6.14. The molecule has 0 amide bonds. The van der Waals surface area contributed by atoms with E-state index in [2.05, 4.69) is 33.0 Å². The number of hydrogen-bond donors (Lipinski definition) is 1. The fourth-order valence-electron chi connectivity index (χ4n) is 4.30. The van der Waals surface area contributed by atoms with Gasteiger partial charge in [-0.3, -0.25) is 0 Å². The third-order valence-corrected chi connectivity index (χ3v) is 6.14. The molecule has 0 bridgehead atoms. The maximum atomic E-state index is 13.6. The fourth-order valence-corrected chi connectivity index (χ4v) is 4.30. The van der Waals surface area contributed by atoms with E-state index in [9.17, 15) is 4.39 Å². The first-order valence-electron chi connectivity index (χ1n) is 10.5. The molecule has 28 heavy (non-hydrogen) atoms. The summed E-state index contributed by atoms with van der Waals surface area (Å²) in [7, 11) is 0. The van der Waals surface area contributed by atoms with Gasteiger partial charge in [0.2, 0.25) is 0 Å². The molecule has 1 aromatic carbocycles. The van der Waals surface area contributed by atoms with Crippen LogP contribution in [0, 0.1) is 17.7 Å². The zero-order valence-electron chi connectivity index (χ0n) is 17.6. The quantitative estimate of drug-likeness (QED) is 0.590. The molecule has 2 atom stereocenters.